The first kappa shape index (κ1) is 27.9. The van der Waals surface area contributed by atoms with E-state index in [1.165, 1.54) is 47.6 Å². The van der Waals surface area contributed by atoms with Gasteiger partial charge in [0.15, 0.2) is 0 Å². The second-order valence-corrected chi connectivity index (χ2v) is 13.5. The molecule has 0 amide bonds. The van der Waals surface area contributed by atoms with Gasteiger partial charge in [0, 0.05) is 59.1 Å². The minimum absolute atomic E-state index is 0.881. The van der Waals surface area contributed by atoms with Crippen molar-refractivity contribution < 1.29 is 4.42 Å². The summed E-state index contributed by atoms with van der Waals surface area (Å²) in [6, 6.07) is 63.0. The molecule has 0 bridgehead atoms. The summed E-state index contributed by atoms with van der Waals surface area (Å²) in [4.78, 5) is 2.33. The molecule has 49 heavy (non-hydrogen) atoms. The Labute approximate surface area is 287 Å². The van der Waals surface area contributed by atoms with Crippen LogP contribution in [0.4, 0.5) is 17.1 Å². The molecule has 0 radical (unpaired) electrons. The molecule has 0 saturated heterocycles. The number of benzene rings is 8. The van der Waals surface area contributed by atoms with Gasteiger partial charge in [0.25, 0.3) is 0 Å². The average molecular weight is 644 g/mol. The fourth-order valence-electron chi connectivity index (χ4n) is 7.37. The molecule has 0 aliphatic carbocycles. The van der Waals surface area contributed by atoms with Gasteiger partial charge in [-0.3, -0.25) is 0 Å². The molecule has 0 fully saturated rings. The van der Waals surface area contributed by atoms with Crippen LogP contribution in [-0.4, -0.2) is 0 Å². The normalized spacial score (nSPS) is 11.7. The summed E-state index contributed by atoms with van der Waals surface area (Å²) in [7, 11) is 0. The summed E-state index contributed by atoms with van der Waals surface area (Å²) in [6.07, 6.45) is 0. The van der Waals surface area contributed by atoms with Gasteiger partial charge in [-0.05, 0) is 76.5 Å². The van der Waals surface area contributed by atoms with Crippen molar-refractivity contribution in [2.75, 3.05) is 4.90 Å². The lowest BCUT2D eigenvalue weighted by Crippen LogP contribution is -2.09. The molecule has 2 aromatic heterocycles. The van der Waals surface area contributed by atoms with Crippen LogP contribution in [0.3, 0.4) is 0 Å². The van der Waals surface area contributed by atoms with E-state index in [0.29, 0.717) is 0 Å². The fraction of sp³-hybridized carbons (Fsp3) is 0. The summed E-state index contributed by atoms with van der Waals surface area (Å²) in [5.41, 5.74) is 9.85. The van der Waals surface area contributed by atoms with E-state index < -0.39 is 0 Å². The summed E-state index contributed by atoms with van der Waals surface area (Å²) < 4.78 is 9.45. The number of furan rings is 1. The fourth-order valence-corrected chi connectivity index (χ4v) is 8.59. The van der Waals surface area contributed by atoms with Gasteiger partial charge in [-0.15, -0.1) is 11.3 Å². The number of hydrogen-bond acceptors (Lipinski definition) is 3. The van der Waals surface area contributed by atoms with E-state index in [1.54, 1.807) is 0 Å². The monoisotopic (exact) mass is 643 g/mol. The van der Waals surface area contributed by atoms with Crippen LogP contribution in [0.25, 0.3) is 75.1 Å². The molecular formula is C46H29NOS. The molecule has 10 aromatic rings. The van der Waals surface area contributed by atoms with Crippen molar-refractivity contribution >= 4 is 81.3 Å². The molecule has 2 heterocycles. The maximum Gasteiger partial charge on any atom is 0.143 e. The molecule has 0 spiro atoms. The largest absolute Gasteiger partial charge is 0.455 e. The second kappa shape index (κ2) is 11.2. The molecule has 0 aliphatic rings. The van der Waals surface area contributed by atoms with E-state index in [1.807, 2.05) is 11.3 Å². The zero-order valence-corrected chi connectivity index (χ0v) is 27.3. The number of nitrogens with zero attached hydrogens (tertiary/aromatic N) is 1. The number of thiophene rings is 1. The molecule has 0 aliphatic heterocycles. The summed E-state index contributed by atoms with van der Waals surface area (Å²) in [5.74, 6) is 0. The first-order valence-corrected chi connectivity index (χ1v) is 17.4. The summed E-state index contributed by atoms with van der Waals surface area (Å²) in [6.45, 7) is 0. The molecule has 0 unspecified atom stereocenters. The number of rotatable bonds is 5. The Bertz CT molecular complexity index is 2810. The van der Waals surface area contributed by atoms with E-state index in [2.05, 4.69) is 181 Å². The van der Waals surface area contributed by atoms with Crippen LogP contribution in [0.1, 0.15) is 0 Å². The van der Waals surface area contributed by atoms with Crippen molar-refractivity contribution in [1.82, 2.24) is 0 Å². The average Bonchev–Trinajstić information content (AvgIpc) is 3.73. The van der Waals surface area contributed by atoms with Gasteiger partial charge in [0.05, 0.1) is 0 Å². The number of para-hydroxylation sites is 1. The van der Waals surface area contributed by atoms with Gasteiger partial charge in [0.2, 0.25) is 0 Å². The Morgan fingerprint density at radius 1 is 0.429 bits per heavy atom. The quantitative estimate of drug-likeness (QED) is 0.186. The molecule has 10 rings (SSSR count). The topological polar surface area (TPSA) is 16.4 Å². The van der Waals surface area contributed by atoms with Crippen LogP contribution in [0.5, 0.6) is 0 Å². The number of anilines is 3. The van der Waals surface area contributed by atoms with Gasteiger partial charge in [0.1, 0.15) is 11.2 Å². The lowest BCUT2D eigenvalue weighted by Gasteiger charge is -2.25. The summed E-state index contributed by atoms with van der Waals surface area (Å²) in [5, 5.41) is 7.21. The zero-order valence-electron chi connectivity index (χ0n) is 26.5. The maximum absolute atomic E-state index is 6.87. The highest BCUT2D eigenvalue weighted by Crippen LogP contribution is 2.47. The highest BCUT2D eigenvalue weighted by atomic mass is 32.1. The van der Waals surface area contributed by atoms with E-state index in [4.69, 9.17) is 4.42 Å². The SMILES string of the molecule is c1ccc(-c2ccc(N(c3ccccc3)c3ccc4oc5c(-c6cccc7c6sc6ccccc67)c6ccccc6cc5c4c3)cc2)cc1. The number of fused-ring (bicyclic) bond motifs is 7. The molecule has 0 atom stereocenters. The zero-order chi connectivity index (χ0) is 32.3. The Morgan fingerprint density at radius 3 is 1.92 bits per heavy atom. The Hall–Kier alpha value is -6.16. The maximum atomic E-state index is 6.87. The van der Waals surface area contributed by atoms with Crippen molar-refractivity contribution in [2.45, 2.75) is 0 Å². The number of hydrogen-bond donors (Lipinski definition) is 0. The first-order valence-electron chi connectivity index (χ1n) is 16.6. The van der Waals surface area contributed by atoms with E-state index in [0.717, 1.165) is 44.6 Å². The van der Waals surface area contributed by atoms with Crippen molar-refractivity contribution in [2.24, 2.45) is 0 Å². The summed E-state index contributed by atoms with van der Waals surface area (Å²) >= 11 is 1.86. The van der Waals surface area contributed by atoms with Crippen LogP contribution in [0.2, 0.25) is 0 Å². The molecule has 3 heteroatoms. The van der Waals surface area contributed by atoms with Crippen molar-refractivity contribution in [3.8, 4) is 22.3 Å². The Kier molecular flexibility index (Phi) is 6.39. The lowest BCUT2D eigenvalue weighted by atomic mass is 9.94. The van der Waals surface area contributed by atoms with Crippen LogP contribution in [0.15, 0.2) is 180 Å². The molecular weight excluding hydrogens is 615 g/mol. The lowest BCUT2D eigenvalue weighted by molar-refractivity contribution is 0.670. The second-order valence-electron chi connectivity index (χ2n) is 12.5. The minimum atomic E-state index is 0.881. The Morgan fingerprint density at radius 2 is 1.08 bits per heavy atom. The highest BCUT2D eigenvalue weighted by molar-refractivity contribution is 7.26. The van der Waals surface area contributed by atoms with Gasteiger partial charge < -0.3 is 9.32 Å². The first-order chi connectivity index (χ1) is 24.3. The standard InChI is InChI=1S/C46H29NOS/c1-3-12-30(13-4-1)31-22-24-34(25-23-31)47(33-15-5-2-6-16-33)35-26-27-42-40(29-35)41-28-32-14-7-8-17-36(32)44(45(41)48-42)39-20-11-19-38-37-18-9-10-21-43(37)49-46(38)39/h1-29H. The minimum Gasteiger partial charge on any atom is -0.455 e. The van der Waals surface area contributed by atoms with Crippen molar-refractivity contribution in [3.63, 3.8) is 0 Å². The van der Waals surface area contributed by atoms with Gasteiger partial charge in [-0.2, -0.15) is 0 Å². The van der Waals surface area contributed by atoms with Crippen LogP contribution in [-0.2, 0) is 0 Å². The van der Waals surface area contributed by atoms with E-state index in [-0.39, 0.29) is 0 Å². The highest BCUT2D eigenvalue weighted by Gasteiger charge is 2.21. The third-order valence-corrected chi connectivity index (χ3v) is 10.9. The third kappa shape index (κ3) is 4.55. The smallest absolute Gasteiger partial charge is 0.143 e. The molecule has 0 N–H and O–H groups in total. The molecule has 2 nitrogen and oxygen atoms in total. The Balaban J connectivity index is 1.20. The third-order valence-electron chi connectivity index (χ3n) is 9.65. The molecule has 230 valence electrons. The van der Waals surface area contributed by atoms with Gasteiger partial charge >= 0.3 is 0 Å². The van der Waals surface area contributed by atoms with E-state index >= 15 is 0 Å². The van der Waals surface area contributed by atoms with Gasteiger partial charge in [-0.1, -0.05) is 121 Å². The van der Waals surface area contributed by atoms with Crippen molar-refractivity contribution in [1.29, 1.82) is 0 Å². The predicted molar refractivity (Wildman–Crippen MR) is 210 cm³/mol. The van der Waals surface area contributed by atoms with Crippen LogP contribution >= 0.6 is 11.3 Å². The van der Waals surface area contributed by atoms with Gasteiger partial charge in [-0.25, -0.2) is 0 Å². The predicted octanol–water partition coefficient (Wildman–Crippen LogP) is 13.9. The van der Waals surface area contributed by atoms with Crippen LogP contribution < -0.4 is 4.90 Å². The van der Waals surface area contributed by atoms with Crippen LogP contribution in [0, 0.1) is 0 Å². The van der Waals surface area contributed by atoms with E-state index in [9.17, 15) is 0 Å². The molecule has 0 saturated carbocycles. The molecule has 8 aromatic carbocycles. The van der Waals surface area contributed by atoms with Crippen molar-refractivity contribution in [3.05, 3.63) is 176 Å².